The van der Waals surface area contributed by atoms with Crippen LogP contribution in [0.2, 0.25) is 0 Å². The number of nitrogens with zero attached hydrogens (tertiary/aromatic N) is 6. The van der Waals surface area contributed by atoms with Gasteiger partial charge < -0.3 is 13.9 Å². The summed E-state index contributed by atoms with van der Waals surface area (Å²) in [7, 11) is 3.07. The molecule has 40 heavy (non-hydrogen) atoms. The Morgan fingerprint density at radius 1 is 1.05 bits per heavy atom. The average molecular weight is 547 g/mol. The van der Waals surface area contributed by atoms with Crippen LogP contribution in [0.25, 0.3) is 0 Å². The lowest BCUT2D eigenvalue weighted by atomic mass is 10.0. The Hall–Kier alpha value is -5.07. The number of anilines is 1. The highest BCUT2D eigenvalue weighted by atomic mass is 19.1. The number of halogens is 1. The number of amides is 3. The van der Waals surface area contributed by atoms with Crippen LogP contribution >= 0.6 is 0 Å². The molecule has 0 N–H and O–H groups in total. The van der Waals surface area contributed by atoms with Crippen molar-refractivity contribution in [1.29, 1.82) is 0 Å². The zero-order valence-corrected chi connectivity index (χ0v) is 21.4. The lowest BCUT2D eigenvalue weighted by molar-refractivity contribution is -0.135. The average Bonchev–Trinajstić information content (AvgIpc) is 3.75. The number of methoxy groups -OCH3 is 2. The minimum Gasteiger partial charge on any atom is -0.493 e. The third-order valence-electron chi connectivity index (χ3n) is 6.98. The molecular weight excluding hydrogens is 523 g/mol. The van der Waals surface area contributed by atoms with E-state index in [9.17, 15) is 18.8 Å². The van der Waals surface area contributed by atoms with E-state index < -0.39 is 41.7 Å². The van der Waals surface area contributed by atoms with Crippen molar-refractivity contribution in [2.24, 2.45) is 15.4 Å². The molecule has 4 heterocycles. The first kappa shape index (κ1) is 25.2. The molecule has 3 aliphatic rings. The van der Waals surface area contributed by atoms with E-state index in [1.54, 1.807) is 24.3 Å². The Balaban J connectivity index is 1.26. The van der Waals surface area contributed by atoms with E-state index in [1.807, 2.05) is 6.07 Å². The number of carbonyl (C=O) groups excluding carboxylic acids is 3. The Morgan fingerprint density at radius 3 is 2.60 bits per heavy atom. The van der Waals surface area contributed by atoms with Crippen LogP contribution in [0, 0.1) is 5.82 Å². The molecule has 1 aromatic heterocycles. The van der Waals surface area contributed by atoms with Gasteiger partial charge in [0.25, 0.3) is 17.7 Å². The lowest BCUT2D eigenvalue weighted by Gasteiger charge is -2.24. The Bertz CT molecular complexity index is 1560. The second-order valence-corrected chi connectivity index (χ2v) is 9.27. The maximum absolute atomic E-state index is 13.8. The van der Waals surface area contributed by atoms with Crippen LogP contribution in [0.4, 0.5) is 10.1 Å². The summed E-state index contributed by atoms with van der Waals surface area (Å²) in [6, 6.07) is 11.2. The molecule has 3 aliphatic heterocycles. The van der Waals surface area contributed by atoms with Crippen LogP contribution < -0.4 is 14.4 Å². The fourth-order valence-electron chi connectivity index (χ4n) is 5.07. The van der Waals surface area contributed by atoms with Crippen molar-refractivity contribution >= 4 is 29.1 Å². The van der Waals surface area contributed by atoms with Gasteiger partial charge in [0.05, 0.1) is 31.9 Å². The number of fused-ring (bicyclic) bond motifs is 1. The number of hydrogen-bond donors (Lipinski definition) is 0. The number of hydrogen-bond acceptors (Lipinski definition) is 10. The van der Waals surface area contributed by atoms with Crippen LogP contribution in [0.3, 0.4) is 0 Å². The topological polar surface area (TPSA) is 130 Å². The number of furan rings is 1. The van der Waals surface area contributed by atoms with Gasteiger partial charge in [-0.25, -0.2) is 14.3 Å². The van der Waals surface area contributed by atoms with E-state index in [-0.39, 0.29) is 12.2 Å². The summed E-state index contributed by atoms with van der Waals surface area (Å²) in [5.74, 6) is -0.765. The summed E-state index contributed by atoms with van der Waals surface area (Å²) < 4.78 is 30.1. The Kier molecular flexibility index (Phi) is 6.25. The van der Waals surface area contributed by atoms with Crippen LogP contribution in [0.15, 0.2) is 80.7 Å². The molecule has 0 unspecified atom stereocenters. The molecule has 0 radical (unpaired) electrons. The Labute approximate surface area is 227 Å². The van der Waals surface area contributed by atoms with Gasteiger partial charge in [-0.15, -0.1) is 0 Å². The van der Waals surface area contributed by atoms with Crippen molar-refractivity contribution in [2.45, 2.75) is 24.5 Å². The molecule has 3 amide bonds. The SMILES string of the molecule is COc1ccc(C2=NN(C(=O)CN3N=N[C@@H]4C(=O)N(c5cccc(F)c5)C(=O)[C@@H]43)[C@@H](c3ccco3)C2)cc1OC. The number of carbonyl (C=O) groups is 3. The molecular formula is C27H23FN6O6. The zero-order chi connectivity index (χ0) is 28.0. The highest BCUT2D eigenvalue weighted by Gasteiger charge is 2.55. The number of imide groups is 1. The first-order valence-electron chi connectivity index (χ1n) is 12.4. The van der Waals surface area contributed by atoms with Crippen molar-refractivity contribution in [1.82, 2.24) is 10.0 Å². The molecule has 0 spiro atoms. The van der Waals surface area contributed by atoms with Crippen molar-refractivity contribution in [3.05, 3.63) is 78.0 Å². The monoisotopic (exact) mass is 546 g/mol. The minimum atomic E-state index is -1.13. The predicted molar refractivity (Wildman–Crippen MR) is 137 cm³/mol. The smallest absolute Gasteiger partial charge is 0.264 e. The highest BCUT2D eigenvalue weighted by Crippen LogP contribution is 2.37. The maximum Gasteiger partial charge on any atom is 0.264 e. The molecule has 13 heteroatoms. The molecule has 6 rings (SSSR count). The molecule has 204 valence electrons. The van der Waals surface area contributed by atoms with Crippen molar-refractivity contribution < 1.29 is 32.7 Å². The molecule has 0 bridgehead atoms. The van der Waals surface area contributed by atoms with Gasteiger partial charge in [-0.3, -0.25) is 19.4 Å². The van der Waals surface area contributed by atoms with Gasteiger partial charge in [0.1, 0.15) is 24.2 Å². The number of hydrazone groups is 1. The van der Waals surface area contributed by atoms with Gasteiger partial charge in [-0.05, 0) is 48.5 Å². The highest BCUT2D eigenvalue weighted by molar-refractivity contribution is 6.25. The zero-order valence-electron chi connectivity index (χ0n) is 21.4. The second kappa shape index (κ2) is 9.91. The maximum atomic E-state index is 13.8. The van der Waals surface area contributed by atoms with Crippen molar-refractivity contribution in [3.63, 3.8) is 0 Å². The molecule has 3 aromatic rings. The molecule has 3 atom stereocenters. The van der Waals surface area contributed by atoms with E-state index in [2.05, 4.69) is 15.4 Å². The number of rotatable bonds is 7. The summed E-state index contributed by atoms with van der Waals surface area (Å²) in [5, 5.41) is 15.0. The summed E-state index contributed by atoms with van der Waals surface area (Å²) in [6.07, 6.45) is 1.86. The van der Waals surface area contributed by atoms with Crippen LogP contribution in [-0.2, 0) is 14.4 Å². The standard InChI is InChI=1S/C27H23FN6O6/c1-38-21-9-8-15(11-22(21)39-2)18-13-19(20-7-4-10-40-20)34(30-18)23(35)14-32-25-24(29-31-32)26(36)33(27(25)37)17-6-3-5-16(28)12-17/h3-12,19,24-25H,13-14H2,1-2H3/t19-,24+,25-/m1/s1. The fraction of sp³-hybridized carbons (Fsp3) is 0.259. The minimum absolute atomic E-state index is 0.0902. The van der Waals surface area contributed by atoms with E-state index >= 15 is 0 Å². The largest absolute Gasteiger partial charge is 0.493 e. The third kappa shape index (κ3) is 4.15. The normalized spacial score (nSPS) is 21.7. The first-order valence-corrected chi connectivity index (χ1v) is 12.4. The molecule has 0 saturated carbocycles. The first-order chi connectivity index (χ1) is 19.4. The van der Waals surface area contributed by atoms with Crippen LogP contribution in [0.1, 0.15) is 23.8 Å². The Morgan fingerprint density at radius 2 is 1.88 bits per heavy atom. The van der Waals surface area contributed by atoms with Gasteiger partial charge in [-0.1, -0.05) is 11.3 Å². The summed E-state index contributed by atoms with van der Waals surface area (Å²) >= 11 is 0. The van der Waals surface area contributed by atoms with Gasteiger partial charge in [-0.2, -0.15) is 10.2 Å². The molecule has 2 aromatic carbocycles. The summed E-state index contributed by atoms with van der Waals surface area (Å²) in [4.78, 5) is 40.7. The van der Waals surface area contributed by atoms with Gasteiger partial charge in [0, 0.05) is 12.0 Å². The van der Waals surface area contributed by atoms with Gasteiger partial charge in [0.2, 0.25) is 0 Å². The van der Waals surface area contributed by atoms with Crippen LogP contribution in [0.5, 0.6) is 11.5 Å². The van der Waals surface area contributed by atoms with Gasteiger partial charge in [0.15, 0.2) is 23.6 Å². The van der Waals surface area contributed by atoms with E-state index in [0.717, 1.165) is 16.5 Å². The summed E-state index contributed by atoms with van der Waals surface area (Å²) in [5.41, 5.74) is 1.43. The van der Waals surface area contributed by atoms with Gasteiger partial charge >= 0.3 is 0 Å². The lowest BCUT2D eigenvalue weighted by Crippen LogP contribution is -2.44. The molecule has 12 nitrogen and oxygen atoms in total. The van der Waals surface area contributed by atoms with Crippen molar-refractivity contribution in [2.75, 3.05) is 25.7 Å². The number of benzene rings is 2. The number of ether oxygens (including phenoxy) is 2. The van der Waals surface area contributed by atoms with E-state index in [1.165, 1.54) is 48.7 Å². The van der Waals surface area contributed by atoms with E-state index in [4.69, 9.17) is 13.9 Å². The quantitative estimate of drug-likeness (QED) is 0.417. The summed E-state index contributed by atoms with van der Waals surface area (Å²) in [6.45, 7) is -0.374. The second-order valence-electron chi connectivity index (χ2n) is 9.27. The molecule has 0 aliphatic carbocycles. The molecule has 1 saturated heterocycles. The predicted octanol–water partition coefficient (Wildman–Crippen LogP) is 3.11. The fourth-order valence-corrected chi connectivity index (χ4v) is 5.07. The third-order valence-corrected chi connectivity index (χ3v) is 6.98. The van der Waals surface area contributed by atoms with E-state index in [0.29, 0.717) is 29.4 Å². The molecule has 1 fully saturated rings. The van der Waals surface area contributed by atoms with Crippen molar-refractivity contribution in [3.8, 4) is 11.5 Å². The van der Waals surface area contributed by atoms with Crippen LogP contribution in [-0.4, -0.2) is 66.3 Å².